The molecule has 0 aromatic carbocycles. The van der Waals surface area contributed by atoms with E-state index in [0.29, 0.717) is 0 Å². The summed E-state index contributed by atoms with van der Waals surface area (Å²) >= 11 is 0. The van der Waals surface area contributed by atoms with Crippen LogP contribution in [0.4, 0.5) is 0 Å². The molecule has 13 heavy (non-hydrogen) atoms. The largest absolute Gasteiger partial charge is 1.00 e. The van der Waals surface area contributed by atoms with E-state index in [9.17, 15) is 0 Å². The van der Waals surface area contributed by atoms with Crippen LogP contribution in [0.2, 0.25) is 0 Å². The van der Waals surface area contributed by atoms with E-state index >= 15 is 0 Å². The third-order valence-electron chi connectivity index (χ3n) is 2.11. The highest BCUT2D eigenvalue weighted by Crippen LogP contribution is 2.15. The van der Waals surface area contributed by atoms with E-state index < -0.39 is 0 Å². The van der Waals surface area contributed by atoms with Gasteiger partial charge in [0.05, 0.1) is 13.6 Å². The van der Waals surface area contributed by atoms with Crippen molar-refractivity contribution in [3.05, 3.63) is 25.3 Å². The number of rotatable bonds is 8. The quantitative estimate of drug-likeness (QED) is 0.375. The Labute approximate surface area is 88.7 Å². The van der Waals surface area contributed by atoms with Crippen LogP contribution in [0, 0.1) is 5.92 Å². The van der Waals surface area contributed by atoms with Crippen molar-refractivity contribution >= 4 is 0 Å². The summed E-state index contributed by atoms with van der Waals surface area (Å²) in [5.41, 5.74) is 0. The Bertz CT molecular complexity index is 113. The number of nitrogens with two attached hydrogens (primary N) is 1. The lowest BCUT2D eigenvalue weighted by Crippen LogP contribution is -3.00. The number of quaternary nitrogens is 1. The van der Waals surface area contributed by atoms with Crippen molar-refractivity contribution in [3.8, 4) is 0 Å². The zero-order valence-corrected chi connectivity index (χ0v) is 9.39. The first-order valence-corrected chi connectivity index (χ1v) is 4.84. The maximum Gasteiger partial charge on any atom is 0.0753 e. The highest BCUT2D eigenvalue weighted by molar-refractivity contribution is 4.79. The van der Waals surface area contributed by atoms with Crippen molar-refractivity contribution in [2.24, 2.45) is 5.92 Å². The monoisotopic (exact) mass is 203 g/mol. The first-order chi connectivity index (χ1) is 5.85. The normalized spacial score (nSPS) is 9.38. The Morgan fingerprint density at radius 2 is 1.77 bits per heavy atom. The first-order valence-electron chi connectivity index (χ1n) is 4.84. The Hall–Kier alpha value is -0.270. The SMILES string of the molecule is C=CCC(CC=C)CCC[NH2+]C.[Cl-]. The van der Waals surface area contributed by atoms with Crippen molar-refractivity contribution < 1.29 is 17.7 Å². The molecule has 0 aliphatic heterocycles. The van der Waals surface area contributed by atoms with Crippen LogP contribution in [-0.4, -0.2) is 13.6 Å². The molecule has 2 heteroatoms. The van der Waals surface area contributed by atoms with Gasteiger partial charge >= 0.3 is 0 Å². The minimum absolute atomic E-state index is 0. The van der Waals surface area contributed by atoms with Gasteiger partial charge in [0.2, 0.25) is 0 Å². The fourth-order valence-electron chi connectivity index (χ4n) is 1.41. The summed E-state index contributed by atoms with van der Waals surface area (Å²) < 4.78 is 0. The molecule has 0 aliphatic rings. The molecule has 0 heterocycles. The summed E-state index contributed by atoms with van der Waals surface area (Å²) in [4.78, 5) is 0. The molecule has 0 atom stereocenters. The molecule has 0 bridgehead atoms. The highest BCUT2D eigenvalue weighted by Gasteiger charge is 2.03. The van der Waals surface area contributed by atoms with E-state index in [4.69, 9.17) is 0 Å². The van der Waals surface area contributed by atoms with Crippen molar-refractivity contribution in [1.29, 1.82) is 0 Å². The molecule has 0 aliphatic carbocycles. The predicted octanol–water partition coefficient (Wildman–Crippen LogP) is -1.27. The molecule has 0 rings (SSSR count). The maximum atomic E-state index is 3.77. The van der Waals surface area contributed by atoms with E-state index in [0.717, 1.165) is 18.8 Å². The average Bonchev–Trinajstić information content (AvgIpc) is 2.06. The molecule has 0 radical (unpaired) electrons. The van der Waals surface area contributed by atoms with Crippen LogP contribution in [0.3, 0.4) is 0 Å². The third-order valence-corrected chi connectivity index (χ3v) is 2.11. The van der Waals surface area contributed by atoms with Crippen LogP contribution in [0.5, 0.6) is 0 Å². The smallest absolute Gasteiger partial charge is 0.0753 e. The van der Waals surface area contributed by atoms with Gasteiger partial charge in [-0.15, -0.1) is 13.2 Å². The number of allylic oxidation sites excluding steroid dienone is 2. The van der Waals surface area contributed by atoms with Gasteiger partial charge in [-0.25, -0.2) is 0 Å². The Morgan fingerprint density at radius 3 is 2.15 bits per heavy atom. The molecular weight excluding hydrogens is 182 g/mol. The van der Waals surface area contributed by atoms with Gasteiger partial charge in [0.1, 0.15) is 0 Å². The zero-order valence-electron chi connectivity index (χ0n) is 8.64. The van der Waals surface area contributed by atoms with E-state index in [-0.39, 0.29) is 12.4 Å². The number of hydrogen-bond acceptors (Lipinski definition) is 0. The fourth-order valence-corrected chi connectivity index (χ4v) is 1.41. The molecule has 0 aromatic heterocycles. The summed E-state index contributed by atoms with van der Waals surface area (Å²) in [5, 5.41) is 2.24. The Balaban J connectivity index is 0. The van der Waals surface area contributed by atoms with Crippen LogP contribution in [0.15, 0.2) is 25.3 Å². The van der Waals surface area contributed by atoms with Crippen molar-refractivity contribution in [2.75, 3.05) is 13.6 Å². The second-order valence-electron chi connectivity index (χ2n) is 3.25. The molecule has 78 valence electrons. The first kappa shape index (κ1) is 15.2. The lowest BCUT2D eigenvalue weighted by atomic mass is 9.96. The second-order valence-corrected chi connectivity index (χ2v) is 3.25. The van der Waals surface area contributed by atoms with Gasteiger partial charge in [-0.2, -0.15) is 0 Å². The summed E-state index contributed by atoms with van der Waals surface area (Å²) in [5.74, 6) is 0.778. The standard InChI is InChI=1S/C11H21N.ClH/c1-4-7-11(8-5-2)9-6-10-12-3;/h4-5,11-12H,1-2,6-10H2,3H3;1H. The molecule has 1 nitrogen and oxygen atoms in total. The minimum atomic E-state index is 0. The molecule has 0 aromatic rings. The highest BCUT2D eigenvalue weighted by atomic mass is 35.5. The molecular formula is C11H22ClN. The molecule has 0 fully saturated rings. The van der Waals surface area contributed by atoms with Gasteiger partial charge < -0.3 is 17.7 Å². The van der Waals surface area contributed by atoms with Gasteiger partial charge in [-0.05, 0) is 31.6 Å². The Morgan fingerprint density at radius 1 is 1.23 bits per heavy atom. The lowest BCUT2D eigenvalue weighted by Gasteiger charge is -2.10. The van der Waals surface area contributed by atoms with Crippen LogP contribution < -0.4 is 17.7 Å². The van der Waals surface area contributed by atoms with E-state index in [2.05, 4.69) is 25.5 Å². The summed E-state index contributed by atoms with van der Waals surface area (Å²) in [7, 11) is 2.12. The second kappa shape index (κ2) is 11.7. The van der Waals surface area contributed by atoms with E-state index in [1.165, 1.54) is 19.4 Å². The average molecular weight is 204 g/mol. The summed E-state index contributed by atoms with van der Waals surface area (Å²) in [6.07, 6.45) is 8.92. The van der Waals surface area contributed by atoms with E-state index in [1.54, 1.807) is 0 Å². The molecule has 0 amide bonds. The fraction of sp³-hybridized carbons (Fsp3) is 0.636. The van der Waals surface area contributed by atoms with Gasteiger partial charge in [0, 0.05) is 0 Å². The Kier molecular flexibility index (Phi) is 13.7. The zero-order chi connectivity index (χ0) is 9.23. The van der Waals surface area contributed by atoms with Crippen molar-refractivity contribution in [3.63, 3.8) is 0 Å². The van der Waals surface area contributed by atoms with Crippen LogP contribution in [0.25, 0.3) is 0 Å². The minimum Gasteiger partial charge on any atom is -1.00 e. The van der Waals surface area contributed by atoms with Gasteiger partial charge in [0.15, 0.2) is 0 Å². The number of halogens is 1. The molecule has 0 saturated carbocycles. The maximum absolute atomic E-state index is 3.77. The molecule has 2 N–H and O–H groups in total. The van der Waals surface area contributed by atoms with E-state index in [1.807, 2.05) is 12.2 Å². The van der Waals surface area contributed by atoms with Gasteiger partial charge in [-0.1, -0.05) is 12.2 Å². The van der Waals surface area contributed by atoms with Gasteiger partial charge in [0.25, 0.3) is 0 Å². The van der Waals surface area contributed by atoms with Gasteiger partial charge in [-0.3, -0.25) is 0 Å². The molecule has 0 saturated heterocycles. The van der Waals surface area contributed by atoms with Crippen molar-refractivity contribution in [1.82, 2.24) is 0 Å². The third kappa shape index (κ3) is 9.65. The number of hydrogen-bond donors (Lipinski definition) is 1. The van der Waals surface area contributed by atoms with Crippen LogP contribution in [-0.2, 0) is 0 Å². The lowest BCUT2D eigenvalue weighted by molar-refractivity contribution is -0.627. The summed E-state index contributed by atoms with van der Waals surface area (Å²) in [6, 6.07) is 0. The topological polar surface area (TPSA) is 16.6 Å². The van der Waals surface area contributed by atoms with Crippen LogP contribution in [0.1, 0.15) is 25.7 Å². The summed E-state index contributed by atoms with van der Waals surface area (Å²) in [6.45, 7) is 8.78. The molecule has 0 unspecified atom stereocenters. The molecule has 0 spiro atoms. The van der Waals surface area contributed by atoms with Crippen LogP contribution >= 0.6 is 0 Å². The predicted molar refractivity (Wildman–Crippen MR) is 55.1 cm³/mol. The van der Waals surface area contributed by atoms with Crippen molar-refractivity contribution in [2.45, 2.75) is 25.7 Å².